The number of rotatable bonds is 7. The topological polar surface area (TPSA) is 80.1 Å². The molecule has 1 aliphatic heterocycles. The minimum Gasteiger partial charge on any atom is -0.346 e. The Morgan fingerprint density at radius 1 is 1.48 bits per heavy atom. The van der Waals surface area contributed by atoms with Crippen molar-refractivity contribution in [2.24, 2.45) is 0 Å². The van der Waals surface area contributed by atoms with E-state index in [0.717, 1.165) is 31.8 Å². The minimum absolute atomic E-state index is 0.0618. The quantitative estimate of drug-likeness (QED) is 0.809. The smallest absolute Gasteiger partial charge is 0.222 e. The summed E-state index contributed by atoms with van der Waals surface area (Å²) >= 11 is 0. The summed E-state index contributed by atoms with van der Waals surface area (Å²) in [6, 6.07) is -0.180. The van der Waals surface area contributed by atoms with Gasteiger partial charge in [0.25, 0.3) is 0 Å². The summed E-state index contributed by atoms with van der Waals surface area (Å²) in [5.74, 6) is 0.856. The molecule has 7 heteroatoms. The van der Waals surface area contributed by atoms with Gasteiger partial charge < -0.3 is 10.2 Å². The Morgan fingerprint density at radius 2 is 2.29 bits per heavy atom. The molecule has 0 aliphatic carbocycles. The Morgan fingerprint density at radius 3 is 2.95 bits per heavy atom. The van der Waals surface area contributed by atoms with E-state index in [-0.39, 0.29) is 17.9 Å². The number of aromatic nitrogens is 3. The minimum atomic E-state index is -0.180. The fourth-order valence-electron chi connectivity index (χ4n) is 2.55. The van der Waals surface area contributed by atoms with Crippen molar-refractivity contribution in [2.45, 2.75) is 52.1 Å². The standard InChI is InChI=1S/C14H23N5O2/c1-3-7-19-14(15-10-16-19)11(2)17-12(20)6-9-18-8-4-5-13(18)21/h10-11H,3-9H2,1-2H3,(H,17,20)/t11-/m1/s1. The lowest BCUT2D eigenvalue weighted by Crippen LogP contribution is -2.33. The van der Waals surface area contributed by atoms with Crippen molar-refractivity contribution in [1.82, 2.24) is 25.0 Å². The van der Waals surface area contributed by atoms with Gasteiger partial charge in [-0.15, -0.1) is 0 Å². The number of hydrogen-bond donors (Lipinski definition) is 1. The van der Waals surface area contributed by atoms with E-state index in [2.05, 4.69) is 22.3 Å². The van der Waals surface area contributed by atoms with E-state index in [0.29, 0.717) is 19.4 Å². The van der Waals surface area contributed by atoms with Gasteiger partial charge in [0.2, 0.25) is 11.8 Å². The monoisotopic (exact) mass is 293 g/mol. The van der Waals surface area contributed by atoms with E-state index < -0.39 is 0 Å². The number of aryl methyl sites for hydroxylation is 1. The summed E-state index contributed by atoms with van der Waals surface area (Å²) in [5, 5.41) is 7.07. The van der Waals surface area contributed by atoms with Crippen LogP contribution in [0.1, 0.15) is 51.4 Å². The van der Waals surface area contributed by atoms with E-state index in [9.17, 15) is 9.59 Å². The van der Waals surface area contributed by atoms with Gasteiger partial charge in [0, 0.05) is 32.5 Å². The zero-order valence-corrected chi connectivity index (χ0v) is 12.7. The number of nitrogens with zero attached hydrogens (tertiary/aromatic N) is 4. The van der Waals surface area contributed by atoms with E-state index in [1.165, 1.54) is 6.33 Å². The van der Waals surface area contributed by atoms with E-state index in [1.807, 2.05) is 11.6 Å². The number of nitrogens with one attached hydrogen (secondary N) is 1. The van der Waals surface area contributed by atoms with Crippen LogP contribution in [0.3, 0.4) is 0 Å². The van der Waals surface area contributed by atoms with E-state index >= 15 is 0 Å². The molecule has 2 rings (SSSR count). The Kier molecular flexibility index (Phi) is 5.30. The highest BCUT2D eigenvalue weighted by Gasteiger charge is 2.21. The van der Waals surface area contributed by atoms with Gasteiger partial charge >= 0.3 is 0 Å². The highest BCUT2D eigenvalue weighted by Crippen LogP contribution is 2.11. The van der Waals surface area contributed by atoms with Gasteiger partial charge in [-0.1, -0.05) is 6.92 Å². The molecule has 1 atom stereocenters. The maximum absolute atomic E-state index is 12.0. The molecule has 116 valence electrons. The predicted octanol–water partition coefficient (Wildman–Crippen LogP) is 0.878. The SMILES string of the molecule is CCCn1ncnc1[C@@H](C)NC(=O)CCN1CCCC1=O. The molecular weight excluding hydrogens is 270 g/mol. The van der Waals surface area contributed by atoms with Crippen molar-refractivity contribution in [3.63, 3.8) is 0 Å². The second kappa shape index (κ2) is 7.19. The van der Waals surface area contributed by atoms with Gasteiger partial charge in [0.15, 0.2) is 0 Å². The summed E-state index contributed by atoms with van der Waals surface area (Å²) in [6.07, 6.45) is 4.32. The van der Waals surface area contributed by atoms with Crippen molar-refractivity contribution in [2.75, 3.05) is 13.1 Å². The fourth-order valence-corrected chi connectivity index (χ4v) is 2.55. The van der Waals surface area contributed by atoms with Gasteiger partial charge in [0.1, 0.15) is 12.2 Å². The first-order valence-corrected chi connectivity index (χ1v) is 7.56. The first-order chi connectivity index (χ1) is 10.1. The number of carbonyl (C=O) groups is 2. The number of likely N-dealkylation sites (tertiary alicyclic amines) is 1. The molecule has 0 spiro atoms. The Balaban J connectivity index is 1.81. The molecule has 1 fully saturated rings. The highest BCUT2D eigenvalue weighted by molar-refractivity contribution is 5.80. The van der Waals surface area contributed by atoms with Crippen LogP contribution in [0.5, 0.6) is 0 Å². The van der Waals surface area contributed by atoms with Crippen LogP contribution < -0.4 is 5.32 Å². The molecule has 7 nitrogen and oxygen atoms in total. The number of hydrogen-bond acceptors (Lipinski definition) is 4. The molecule has 2 amide bonds. The lowest BCUT2D eigenvalue weighted by molar-refractivity contribution is -0.128. The summed E-state index contributed by atoms with van der Waals surface area (Å²) in [4.78, 5) is 29.4. The van der Waals surface area contributed by atoms with Crippen molar-refractivity contribution in [3.8, 4) is 0 Å². The first kappa shape index (κ1) is 15.5. The van der Waals surface area contributed by atoms with Crippen molar-refractivity contribution in [3.05, 3.63) is 12.2 Å². The van der Waals surface area contributed by atoms with Crippen LogP contribution in [0.15, 0.2) is 6.33 Å². The molecule has 1 aromatic rings. The predicted molar refractivity (Wildman–Crippen MR) is 77.3 cm³/mol. The van der Waals surface area contributed by atoms with Crippen LogP contribution in [0, 0.1) is 0 Å². The largest absolute Gasteiger partial charge is 0.346 e. The Hall–Kier alpha value is -1.92. The molecule has 2 heterocycles. The molecule has 0 unspecified atom stereocenters. The van der Waals surface area contributed by atoms with E-state index in [4.69, 9.17) is 0 Å². The summed E-state index contributed by atoms with van der Waals surface area (Å²) < 4.78 is 1.81. The van der Waals surface area contributed by atoms with Crippen LogP contribution in [-0.4, -0.2) is 44.6 Å². The van der Waals surface area contributed by atoms with Gasteiger partial charge in [-0.25, -0.2) is 9.67 Å². The number of amides is 2. The second-order valence-corrected chi connectivity index (χ2v) is 5.36. The van der Waals surface area contributed by atoms with Crippen LogP contribution in [-0.2, 0) is 16.1 Å². The summed E-state index contributed by atoms with van der Waals surface area (Å²) in [5.41, 5.74) is 0. The van der Waals surface area contributed by atoms with Crippen LogP contribution in [0.4, 0.5) is 0 Å². The van der Waals surface area contributed by atoms with Crippen LogP contribution >= 0.6 is 0 Å². The first-order valence-electron chi connectivity index (χ1n) is 7.56. The lowest BCUT2D eigenvalue weighted by Gasteiger charge is -2.17. The summed E-state index contributed by atoms with van der Waals surface area (Å²) in [6.45, 7) is 6.03. The van der Waals surface area contributed by atoms with Gasteiger partial charge in [-0.05, 0) is 19.8 Å². The van der Waals surface area contributed by atoms with Crippen LogP contribution in [0.25, 0.3) is 0 Å². The molecule has 21 heavy (non-hydrogen) atoms. The maximum Gasteiger partial charge on any atom is 0.222 e. The van der Waals surface area contributed by atoms with Gasteiger partial charge in [-0.3, -0.25) is 9.59 Å². The Labute approximate surface area is 124 Å². The maximum atomic E-state index is 12.0. The third kappa shape index (κ3) is 4.03. The van der Waals surface area contributed by atoms with Crippen LogP contribution in [0.2, 0.25) is 0 Å². The second-order valence-electron chi connectivity index (χ2n) is 5.36. The zero-order chi connectivity index (χ0) is 15.2. The third-order valence-corrected chi connectivity index (χ3v) is 3.63. The molecular formula is C14H23N5O2. The fraction of sp³-hybridized carbons (Fsp3) is 0.714. The molecule has 1 aliphatic rings. The molecule has 0 bridgehead atoms. The summed E-state index contributed by atoms with van der Waals surface area (Å²) in [7, 11) is 0. The lowest BCUT2D eigenvalue weighted by atomic mass is 10.2. The molecule has 1 saturated heterocycles. The van der Waals surface area contributed by atoms with Crippen molar-refractivity contribution in [1.29, 1.82) is 0 Å². The normalized spacial score (nSPS) is 16.3. The molecule has 0 saturated carbocycles. The average molecular weight is 293 g/mol. The molecule has 1 N–H and O–H groups in total. The van der Waals surface area contributed by atoms with Crippen molar-refractivity contribution >= 4 is 11.8 Å². The Bertz CT molecular complexity index is 499. The van der Waals surface area contributed by atoms with Gasteiger partial charge in [0.05, 0.1) is 6.04 Å². The molecule has 0 aromatic carbocycles. The molecule has 1 aromatic heterocycles. The average Bonchev–Trinajstić information content (AvgIpc) is 3.06. The molecule has 0 radical (unpaired) electrons. The highest BCUT2D eigenvalue weighted by atomic mass is 16.2. The van der Waals surface area contributed by atoms with E-state index in [1.54, 1.807) is 4.90 Å². The third-order valence-electron chi connectivity index (χ3n) is 3.63. The zero-order valence-electron chi connectivity index (χ0n) is 12.7. The van der Waals surface area contributed by atoms with Gasteiger partial charge in [-0.2, -0.15) is 5.10 Å². The number of carbonyl (C=O) groups excluding carboxylic acids is 2. The van der Waals surface area contributed by atoms with Crippen molar-refractivity contribution < 1.29 is 9.59 Å².